The van der Waals surface area contributed by atoms with Gasteiger partial charge in [-0.15, -0.1) is 0 Å². The van der Waals surface area contributed by atoms with Crippen LogP contribution in [0.15, 0.2) is 24.3 Å². The molecule has 0 nitrogen and oxygen atoms in total. The van der Waals surface area contributed by atoms with E-state index in [9.17, 15) is 4.39 Å². The molecule has 0 radical (unpaired) electrons. The maximum Gasteiger partial charge on any atom is 0.123 e. The van der Waals surface area contributed by atoms with Gasteiger partial charge in [-0.25, -0.2) is 4.39 Å². The van der Waals surface area contributed by atoms with Crippen molar-refractivity contribution in [2.75, 3.05) is 0 Å². The lowest BCUT2D eigenvalue weighted by molar-refractivity contribution is 0.625. The maximum absolute atomic E-state index is 12.7. The highest BCUT2D eigenvalue weighted by Gasteiger charge is 2.35. The van der Waals surface area contributed by atoms with E-state index in [0.29, 0.717) is 10.7 Å². The Hall–Kier alpha value is -0.370. The lowest BCUT2D eigenvalue weighted by Crippen LogP contribution is -1.82. The number of benzene rings is 1. The second kappa shape index (κ2) is 2.59. The number of alkyl halides is 1. The van der Waals surface area contributed by atoms with Crippen LogP contribution in [0, 0.1) is 5.82 Å². The van der Waals surface area contributed by atoms with Crippen molar-refractivity contribution in [2.45, 2.75) is 17.2 Å². The molecule has 0 N–H and O–H groups in total. The fourth-order valence-corrected chi connectivity index (χ4v) is 1.95. The van der Waals surface area contributed by atoms with Crippen molar-refractivity contribution >= 4 is 15.9 Å². The van der Waals surface area contributed by atoms with Gasteiger partial charge in [0.05, 0.1) is 0 Å². The fourth-order valence-electron chi connectivity index (χ4n) is 1.25. The normalized spacial score (nSPS) is 28.5. The summed E-state index contributed by atoms with van der Waals surface area (Å²) in [5, 5.41) is 0. The quantitative estimate of drug-likeness (QED) is 0.631. The summed E-state index contributed by atoms with van der Waals surface area (Å²) in [6.07, 6.45) is 1.14. The Balaban J connectivity index is 2.25. The van der Waals surface area contributed by atoms with Gasteiger partial charge in [0.25, 0.3) is 0 Å². The predicted octanol–water partition coefficient (Wildman–Crippen LogP) is 3.08. The summed E-state index contributed by atoms with van der Waals surface area (Å²) in [6.45, 7) is 0. The van der Waals surface area contributed by atoms with E-state index in [2.05, 4.69) is 15.9 Å². The van der Waals surface area contributed by atoms with Gasteiger partial charge in [-0.2, -0.15) is 0 Å². The predicted molar refractivity (Wildman–Crippen MR) is 46.5 cm³/mol. The summed E-state index contributed by atoms with van der Waals surface area (Å²) in [4.78, 5) is 0.573. The molecule has 0 saturated heterocycles. The van der Waals surface area contributed by atoms with E-state index < -0.39 is 0 Å². The van der Waals surface area contributed by atoms with E-state index >= 15 is 0 Å². The molecule has 0 unspecified atom stereocenters. The van der Waals surface area contributed by atoms with Crippen LogP contribution in [0.25, 0.3) is 0 Å². The lowest BCUT2D eigenvalue weighted by atomic mass is 10.1. The zero-order valence-corrected chi connectivity index (χ0v) is 7.51. The zero-order chi connectivity index (χ0) is 7.84. The molecule has 11 heavy (non-hydrogen) atoms. The molecule has 2 heteroatoms. The van der Waals surface area contributed by atoms with E-state index in [1.807, 2.05) is 6.07 Å². The zero-order valence-electron chi connectivity index (χ0n) is 5.93. The molecule has 2 atom stereocenters. The molecule has 0 heterocycles. The van der Waals surface area contributed by atoms with E-state index in [-0.39, 0.29) is 5.82 Å². The van der Waals surface area contributed by atoms with Crippen molar-refractivity contribution < 1.29 is 4.39 Å². The maximum atomic E-state index is 12.7. The van der Waals surface area contributed by atoms with Crippen molar-refractivity contribution in [1.82, 2.24) is 0 Å². The third kappa shape index (κ3) is 1.45. The minimum absolute atomic E-state index is 0.130. The van der Waals surface area contributed by atoms with E-state index in [4.69, 9.17) is 0 Å². The Bertz CT molecular complexity index is 272. The molecule has 1 aromatic rings. The summed E-state index contributed by atoms with van der Waals surface area (Å²) >= 11 is 3.49. The molecule has 0 aliphatic heterocycles. The van der Waals surface area contributed by atoms with Crippen LogP contribution in [0.5, 0.6) is 0 Å². The molecule has 58 valence electrons. The summed E-state index contributed by atoms with van der Waals surface area (Å²) in [7, 11) is 0. The minimum atomic E-state index is -0.130. The van der Waals surface area contributed by atoms with Crippen LogP contribution in [-0.4, -0.2) is 4.83 Å². The van der Waals surface area contributed by atoms with E-state index in [1.165, 1.54) is 6.07 Å². The van der Waals surface area contributed by atoms with Gasteiger partial charge in [0.2, 0.25) is 0 Å². The van der Waals surface area contributed by atoms with Gasteiger partial charge < -0.3 is 0 Å². The third-order valence-corrected chi connectivity index (χ3v) is 3.00. The number of hydrogen-bond acceptors (Lipinski definition) is 0. The highest BCUT2D eigenvalue weighted by molar-refractivity contribution is 9.09. The van der Waals surface area contributed by atoms with Gasteiger partial charge in [-0.05, 0) is 30.0 Å². The van der Waals surface area contributed by atoms with Gasteiger partial charge in [0, 0.05) is 4.83 Å². The minimum Gasteiger partial charge on any atom is -0.207 e. The number of hydrogen-bond donors (Lipinski definition) is 0. The smallest absolute Gasteiger partial charge is 0.123 e. The molecule has 1 saturated carbocycles. The Morgan fingerprint density at radius 2 is 2.18 bits per heavy atom. The van der Waals surface area contributed by atoms with Crippen molar-refractivity contribution in [3.8, 4) is 0 Å². The van der Waals surface area contributed by atoms with Crippen LogP contribution < -0.4 is 0 Å². The molecule has 2 rings (SSSR count). The lowest BCUT2D eigenvalue weighted by Gasteiger charge is -1.96. The highest BCUT2D eigenvalue weighted by Crippen LogP contribution is 2.46. The Kier molecular flexibility index (Phi) is 1.72. The number of halogens is 2. The third-order valence-electron chi connectivity index (χ3n) is 1.99. The van der Waals surface area contributed by atoms with Crippen LogP contribution in [0.1, 0.15) is 17.9 Å². The Labute approximate surface area is 73.6 Å². The highest BCUT2D eigenvalue weighted by atomic mass is 79.9. The molecule has 1 aromatic carbocycles. The van der Waals surface area contributed by atoms with Crippen LogP contribution in [0.3, 0.4) is 0 Å². The Morgan fingerprint density at radius 1 is 1.45 bits per heavy atom. The molecular weight excluding hydrogens is 207 g/mol. The molecule has 1 fully saturated rings. The molecule has 1 aliphatic carbocycles. The van der Waals surface area contributed by atoms with Crippen molar-refractivity contribution in [3.63, 3.8) is 0 Å². The van der Waals surface area contributed by atoms with Gasteiger partial charge in [0.1, 0.15) is 5.82 Å². The number of rotatable bonds is 1. The summed E-state index contributed by atoms with van der Waals surface area (Å²) < 4.78 is 12.7. The van der Waals surface area contributed by atoms with Gasteiger partial charge in [-0.1, -0.05) is 28.1 Å². The second-order valence-electron chi connectivity index (χ2n) is 2.91. The fraction of sp³-hybridized carbons (Fsp3) is 0.333. The van der Waals surface area contributed by atoms with E-state index in [0.717, 1.165) is 12.0 Å². The second-order valence-corrected chi connectivity index (χ2v) is 4.09. The van der Waals surface area contributed by atoms with Crippen molar-refractivity contribution in [2.24, 2.45) is 0 Å². The average molecular weight is 215 g/mol. The van der Waals surface area contributed by atoms with Crippen molar-refractivity contribution in [1.29, 1.82) is 0 Å². The summed E-state index contributed by atoms with van der Waals surface area (Å²) in [6, 6.07) is 6.85. The first kappa shape index (κ1) is 7.29. The standard InChI is InChI=1S/C9H8BrF/c10-9-5-8(9)6-2-1-3-7(11)4-6/h1-4,8-9H,5H2/t8-,9+/m0/s1. The van der Waals surface area contributed by atoms with Crippen LogP contribution in [0.2, 0.25) is 0 Å². The van der Waals surface area contributed by atoms with Gasteiger partial charge >= 0.3 is 0 Å². The SMILES string of the molecule is Fc1cccc([C@@H]2C[C@H]2Br)c1. The van der Waals surface area contributed by atoms with Gasteiger partial charge in [0.15, 0.2) is 0 Å². The topological polar surface area (TPSA) is 0 Å². The molecule has 0 bridgehead atoms. The van der Waals surface area contributed by atoms with Crippen LogP contribution in [-0.2, 0) is 0 Å². The summed E-state index contributed by atoms with van der Waals surface area (Å²) in [5.41, 5.74) is 1.12. The van der Waals surface area contributed by atoms with E-state index in [1.54, 1.807) is 12.1 Å². The first-order chi connectivity index (χ1) is 5.27. The molecule has 0 amide bonds. The van der Waals surface area contributed by atoms with Gasteiger partial charge in [-0.3, -0.25) is 0 Å². The first-order valence-corrected chi connectivity index (χ1v) is 4.58. The average Bonchev–Trinajstić information content (AvgIpc) is 2.67. The monoisotopic (exact) mass is 214 g/mol. The largest absolute Gasteiger partial charge is 0.207 e. The molecular formula is C9H8BrF. The van der Waals surface area contributed by atoms with Crippen molar-refractivity contribution in [3.05, 3.63) is 35.6 Å². The molecule has 1 aliphatic rings. The Morgan fingerprint density at radius 3 is 2.73 bits per heavy atom. The summed E-state index contributed by atoms with van der Waals surface area (Å²) in [5.74, 6) is 0.416. The van der Waals surface area contributed by atoms with Crippen LogP contribution in [0.4, 0.5) is 4.39 Å². The molecule has 0 spiro atoms. The van der Waals surface area contributed by atoms with Crippen LogP contribution >= 0.6 is 15.9 Å². The first-order valence-electron chi connectivity index (χ1n) is 3.67. The molecule has 0 aromatic heterocycles.